The number of aromatic nitrogens is 3. The van der Waals surface area contributed by atoms with Crippen molar-refractivity contribution in [3.8, 4) is 11.3 Å². The summed E-state index contributed by atoms with van der Waals surface area (Å²) in [7, 11) is 0. The molecule has 4 rings (SSSR count). The fraction of sp³-hybridized carbons (Fsp3) is 0.158. The number of nitrogens with zero attached hydrogens (tertiary/aromatic N) is 3. The second-order valence-electron chi connectivity index (χ2n) is 6.03. The molecule has 3 N–H and O–H groups in total. The lowest BCUT2D eigenvalue weighted by molar-refractivity contribution is 0.0954. The molecule has 0 atom stereocenters. The van der Waals surface area contributed by atoms with Crippen LogP contribution in [0.3, 0.4) is 0 Å². The van der Waals surface area contributed by atoms with Crippen molar-refractivity contribution in [1.82, 2.24) is 20.3 Å². The molecule has 3 heterocycles. The fourth-order valence-electron chi connectivity index (χ4n) is 2.80. The minimum atomic E-state index is -0.112. The van der Waals surface area contributed by atoms with E-state index in [0.29, 0.717) is 24.6 Å². The van der Waals surface area contributed by atoms with Crippen molar-refractivity contribution in [2.24, 2.45) is 0 Å². The van der Waals surface area contributed by atoms with Gasteiger partial charge in [-0.05, 0) is 42.8 Å². The van der Waals surface area contributed by atoms with Crippen LogP contribution in [0.4, 0.5) is 17.5 Å². The minimum Gasteiger partial charge on any atom is -0.368 e. The summed E-state index contributed by atoms with van der Waals surface area (Å²) in [5, 5.41) is 9.32. The molecule has 0 radical (unpaired) electrons. The zero-order valence-corrected chi connectivity index (χ0v) is 14.3. The van der Waals surface area contributed by atoms with Gasteiger partial charge in [0.05, 0.1) is 5.69 Å². The van der Waals surface area contributed by atoms with E-state index in [1.54, 1.807) is 12.4 Å². The molecule has 0 saturated carbocycles. The van der Waals surface area contributed by atoms with Crippen LogP contribution in [0.2, 0.25) is 0 Å². The van der Waals surface area contributed by atoms with Crippen molar-refractivity contribution in [2.45, 2.75) is 6.92 Å². The first kappa shape index (κ1) is 16.0. The summed E-state index contributed by atoms with van der Waals surface area (Å²) < 4.78 is 0. The number of rotatable bonds is 0. The van der Waals surface area contributed by atoms with Crippen LogP contribution < -0.4 is 16.0 Å². The van der Waals surface area contributed by atoms with E-state index in [9.17, 15) is 4.79 Å². The minimum absolute atomic E-state index is 0.112. The van der Waals surface area contributed by atoms with Gasteiger partial charge in [0.25, 0.3) is 5.91 Å². The largest absolute Gasteiger partial charge is 0.368 e. The SMILES string of the molecule is Cc1ccc2cc1C(=O)NCCNc1cc(ccn1)-c1ccnc(n1)N2. The molecule has 3 aromatic rings. The van der Waals surface area contributed by atoms with E-state index >= 15 is 0 Å². The Bertz CT molecular complexity index is 972. The van der Waals surface area contributed by atoms with Crippen molar-refractivity contribution < 1.29 is 4.79 Å². The van der Waals surface area contributed by atoms with Crippen molar-refractivity contribution in [3.05, 3.63) is 59.9 Å². The van der Waals surface area contributed by atoms with Gasteiger partial charge in [0.2, 0.25) is 5.95 Å². The number of fused-ring (bicyclic) bond motifs is 7. The Morgan fingerprint density at radius 3 is 2.73 bits per heavy atom. The van der Waals surface area contributed by atoms with Gasteiger partial charge in [-0.1, -0.05) is 6.07 Å². The standard InChI is InChI=1S/C19H18N6O/c1-12-2-3-14-11-15(12)18(26)22-9-8-21-17-10-13(4-6-20-17)16-5-7-23-19(24-14)25-16/h2-7,10-11H,8-9H2,1H3,(H,20,21)(H,22,26)(H,23,24,25). The van der Waals surface area contributed by atoms with Gasteiger partial charge in [0.1, 0.15) is 5.82 Å². The number of pyridine rings is 1. The second-order valence-corrected chi connectivity index (χ2v) is 6.03. The number of hydrogen-bond donors (Lipinski definition) is 3. The highest BCUT2D eigenvalue weighted by molar-refractivity contribution is 5.96. The molecule has 7 nitrogen and oxygen atoms in total. The predicted molar refractivity (Wildman–Crippen MR) is 101 cm³/mol. The van der Waals surface area contributed by atoms with Crippen LogP contribution in [-0.4, -0.2) is 33.9 Å². The molecule has 0 fully saturated rings. The van der Waals surface area contributed by atoms with Crippen LogP contribution in [0.5, 0.6) is 0 Å². The van der Waals surface area contributed by atoms with Gasteiger partial charge >= 0.3 is 0 Å². The third-order valence-corrected chi connectivity index (χ3v) is 4.17. The summed E-state index contributed by atoms with van der Waals surface area (Å²) in [6.07, 6.45) is 3.44. The van der Waals surface area contributed by atoms with Gasteiger partial charge in [-0.25, -0.2) is 15.0 Å². The van der Waals surface area contributed by atoms with Crippen LogP contribution in [0, 0.1) is 6.92 Å². The second kappa shape index (κ2) is 6.79. The van der Waals surface area contributed by atoms with E-state index < -0.39 is 0 Å². The Morgan fingerprint density at radius 2 is 1.81 bits per heavy atom. The Hall–Kier alpha value is -3.48. The summed E-state index contributed by atoms with van der Waals surface area (Å²) in [5.41, 5.74) is 4.04. The number of aryl methyl sites for hydroxylation is 1. The van der Waals surface area contributed by atoms with Crippen LogP contribution >= 0.6 is 0 Å². The molecular weight excluding hydrogens is 328 g/mol. The fourth-order valence-corrected chi connectivity index (χ4v) is 2.80. The van der Waals surface area contributed by atoms with Crippen molar-refractivity contribution in [2.75, 3.05) is 23.7 Å². The van der Waals surface area contributed by atoms with E-state index in [2.05, 4.69) is 30.9 Å². The molecule has 6 bridgehead atoms. The third kappa shape index (κ3) is 3.32. The molecule has 0 spiro atoms. The van der Waals surface area contributed by atoms with Crippen molar-refractivity contribution in [3.63, 3.8) is 0 Å². The number of hydrogen-bond acceptors (Lipinski definition) is 6. The number of nitrogens with one attached hydrogen (secondary N) is 3. The molecule has 2 aromatic heterocycles. The maximum Gasteiger partial charge on any atom is 0.251 e. The molecule has 1 amide bonds. The topological polar surface area (TPSA) is 91.8 Å². The van der Waals surface area contributed by atoms with Gasteiger partial charge in [-0.2, -0.15) is 0 Å². The Morgan fingerprint density at radius 1 is 0.962 bits per heavy atom. The molecular formula is C19H18N6O. The predicted octanol–water partition coefficient (Wildman–Crippen LogP) is 2.75. The Kier molecular flexibility index (Phi) is 4.18. The van der Waals surface area contributed by atoms with Gasteiger partial charge in [-0.3, -0.25) is 4.79 Å². The smallest absolute Gasteiger partial charge is 0.251 e. The zero-order valence-electron chi connectivity index (χ0n) is 14.3. The van der Waals surface area contributed by atoms with Crippen LogP contribution in [0.25, 0.3) is 11.3 Å². The molecule has 1 aliphatic heterocycles. The van der Waals surface area contributed by atoms with Crippen LogP contribution in [0.1, 0.15) is 15.9 Å². The number of anilines is 3. The molecule has 7 heteroatoms. The molecule has 130 valence electrons. The van der Waals surface area contributed by atoms with E-state index in [1.165, 1.54) is 0 Å². The molecule has 0 unspecified atom stereocenters. The lowest BCUT2D eigenvalue weighted by Gasteiger charge is -2.11. The van der Waals surface area contributed by atoms with E-state index in [1.807, 2.05) is 43.3 Å². The van der Waals surface area contributed by atoms with Gasteiger partial charge in [0, 0.05) is 42.3 Å². The summed E-state index contributed by atoms with van der Waals surface area (Å²) in [6, 6.07) is 11.3. The lowest BCUT2D eigenvalue weighted by Crippen LogP contribution is -2.29. The average molecular weight is 346 g/mol. The molecule has 1 aliphatic rings. The van der Waals surface area contributed by atoms with Gasteiger partial charge < -0.3 is 16.0 Å². The summed E-state index contributed by atoms with van der Waals surface area (Å²) in [6.45, 7) is 2.99. The quantitative estimate of drug-likeness (QED) is 0.580. The van der Waals surface area contributed by atoms with Crippen molar-refractivity contribution in [1.29, 1.82) is 0 Å². The lowest BCUT2D eigenvalue weighted by atomic mass is 10.1. The first-order chi connectivity index (χ1) is 12.7. The number of carbonyl (C=O) groups is 1. The highest BCUT2D eigenvalue weighted by Crippen LogP contribution is 2.22. The van der Waals surface area contributed by atoms with Gasteiger partial charge in [-0.15, -0.1) is 0 Å². The van der Waals surface area contributed by atoms with E-state index in [4.69, 9.17) is 0 Å². The Balaban J connectivity index is 1.78. The Labute approximate surface area is 150 Å². The van der Waals surface area contributed by atoms with Crippen LogP contribution in [0.15, 0.2) is 48.8 Å². The van der Waals surface area contributed by atoms with Gasteiger partial charge in [0.15, 0.2) is 0 Å². The van der Waals surface area contributed by atoms with Crippen LogP contribution in [-0.2, 0) is 0 Å². The van der Waals surface area contributed by atoms with E-state index in [-0.39, 0.29) is 5.91 Å². The first-order valence-corrected chi connectivity index (χ1v) is 8.38. The summed E-state index contributed by atoms with van der Waals surface area (Å²) in [4.78, 5) is 25.6. The van der Waals surface area contributed by atoms with Crippen molar-refractivity contribution >= 4 is 23.4 Å². The number of amides is 1. The maximum absolute atomic E-state index is 12.5. The normalized spacial score (nSPS) is 13.5. The molecule has 0 aliphatic carbocycles. The molecule has 0 saturated heterocycles. The number of benzene rings is 1. The number of carbonyl (C=O) groups excluding carboxylic acids is 1. The maximum atomic E-state index is 12.5. The monoisotopic (exact) mass is 346 g/mol. The third-order valence-electron chi connectivity index (χ3n) is 4.17. The zero-order chi connectivity index (χ0) is 17.9. The highest BCUT2D eigenvalue weighted by Gasteiger charge is 2.11. The van der Waals surface area contributed by atoms with E-state index in [0.717, 1.165) is 28.3 Å². The summed E-state index contributed by atoms with van der Waals surface area (Å²) in [5.74, 6) is 1.09. The highest BCUT2D eigenvalue weighted by atomic mass is 16.1. The molecule has 26 heavy (non-hydrogen) atoms. The average Bonchev–Trinajstić information content (AvgIpc) is 2.66. The summed E-state index contributed by atoms with van der Waals surface area (Å²) >= 11 is 0. The first-order valence-electron chi connectivity index (χ1n) is 8.38. The molecule has 1 aromatic carbocycles.